The summed E-state index contributed by atoms with van der Waals surface area (Å²) >= 11 is 6.53. The lowest BCUT2D eigenvalue weighted by Crippen LogP contribution is -2.38. The summed E-state index contributed by atoms with van der Waals surface area (Å²) < 4.78 is 24.3. The van der Waals surface area contributed by atoms with Gasteiger partial charge in [0.15, 0.2) is 5.56 Å². The number of benzene rings is 3. The van der Waals surface area contributed by atoms with E-state index in [1.54, 1.807) is 0 Å². The fraction of sp³-hybridized carbons (Fsp3) is 0.308. The standard InChI is InChI=1S/C26H27ClO4/c27-26-25(30-18-22-14-8-3-9-15-22)24(29-17-21-12-6-2-7-13-21)23(31-26)19-28-16-20-10-4-1-5-11-20/h1-15,23-26H,16-19H2/t23-,24-,25+,26+/m0/s1. The molecule has 1 aliphatic heterocycles. The fourth-order valence-corrected chi connectivity index (χ4v) is 3.94. The van der Waals surface area contributed by atoms with Crippen molar-refractivity contribution in [3.8, 4) is 0 Å². The molecule has 1 heterocycles. The van der Waals surface area contributed by atoms with Crippen LogP contribution in [0.5, 0.6) is 0 Å². The average molecular weight is 439 g/mol. The van der Waals surface area contributed by atoms with E-state index in [4.69, 9.17) is 30.5 Å². The summed E-state index contributed by atoms with van der Waals surface area (Å²) in [5, 5.41) is 0. The molecule has 0 saturated carbocycles. The predicted molar refractivity (Wildman–Crippen MR) is 121 cm³/mol. The minimum absolute atomic E-state index is 0.310. The summed E-state index contributed by atoms with van der Waals surface area (Å²) in [6.45, 7) is 1.79. The van der Waals surface area contributed by atoms with Gasteiger partial charge in [-0.3, -0.25) is 0 Å². The van der Waals surface area contributed by atoms with Crippen LogP contribution in [0, 0.1) is 0 Å². The summed E-state index contributed by atoms with van der Waals surface area (Å²) in [6, 6.07) is 30.1. The van der Waals surface area contributed by atoms with E-state index in [0.29, 0.717) is 26.4 Å². The van der Waals surface area contributed by atoms with Crippen LogP contribution in [0.2, 0.25) is 0 Å². The fourth-order valence-electron chi connectivity index (χ4n) is 3.59. The molecule has 1 aliphatic rings. The highest BCUT2D eigenvalue weighted by Crippen LogP contribution is 2.31. The van der Waals surface area contributed by atoms with Gasteiger partial charge in [0.05, 0.1) is 26.4 Å². The van der Waals surface area contributed by atoms with E-state index in [9.17, 15) is 0 Å². The molecule has 0 radical (unpaired) electrons. The third kappa shape index (κ3) is 6.39. The number of rotatable bonds is 10. The Bertz CT molecular complexity index is 891. The number of alkyl halides is 1. The van der Waals surface area contributed by atoms with Crippen LogP contribution in [0.4, 0.5) is 0 Å². The Hall–Kier alpha value is -2.21. The molecule has 0 N–H and O–H groups in total. The van der Waals surface area contributed by atoms with Crippen molar-refractivity contribution < 1.29 is 18.9 Å². The molecule has 0 unspecified atom stereocenters. The second-order valence-corrected chi connectivity index (χ2v) is 7.98. The summed E-state index contributed by atoms with van der Waals surface area (Å²) in [5.41, 5.74) is 2.68. The molecular weight excluding hydrogens is 412 g/mol. The van der Waals surface area contributed by atoms with Crippen molar-refractivity contribution >= 4 is 11.6 Å². The molecule has 3 aromatic rings. The van der Waals surface area contributed by atoms with Gasteiger partial charge < -0.3 is 18.9 Å². The Morgan fingerprint density at radius 2 is 1.06 bits per heavy atom. The van der Waals surface area contributed by atoms with Gasteiger partial charge in [-0.05, 0) is 16.7 Å². The zero-order valence-electron chi connectivity index (χ0n) is 17.3. The van der Waals surface area contributed by atoms with Crippen molar-refractivity contribution in [3.63, 3.8) is 0 Å². The van der Waals surface area contributed by atoms with Gasteiger partial charge in [-0.1, -0.05) is 103 Å². The van der Waals surface area contributed by atoms with E-state index in [-0.39, 0.29) is 12.2 Å². The number of hydrogen-bond acceptors (Lipinski definition) is 4. The van der Waals surface area contributed by atoms with Crippen LogP contribution in [0.15, 0.2) is 91.0 Å². The molecule has 5 heteroatoms. The Balaban J connectivity index is 1.39. The molecule has 0 amide bonds. The SMILES string of the molecule is Cl[C@@H]1O[C@@H](COCc2ccccc2)[C@H](OCc2ccccc2)[C@H]1OCc1ccccc1. The smallest absolute Gasteiger partial charge is 0.160 e. The summed E-state index contributed by atoms with van der Waals surface area (Å²) in [5.74, 6) is 0. The summed E-state index contributed by atoms with van der Waals surface area (Å²) in [4.78, 5) is 0. The zero-order chi connectivity index (χ0) is 21.3. The van der Waals surface area contributed by atoms with Gasteiger partial charge >= 0.3 is 0 Å². The van der Waals surface area contributed by atoms with Crippen molar-refractivity contribution in [3.05, 3.63) is 108 Å². The number of halogens is 1. The summed E-state index contributed by atoms with van der Waals surface area (Å²) in [6.07, 6.45) is -1.03. The second-order valence-electron chi connectivity index (χ2n) is 7.55. The monoisotopic (exact) mass is 438 g/mol. The van der Waals surface area contributed by atoms with E-state index < -0.39 is 11.7 Å². The molecule has 1 fully saturated rings. The van der Waals surface area contributed by atoms with Gasteiger partial charge in [-0.15, -0.1) is 0 Å². The van der Waals surface area contributed by atoms with Crippen LogP contribution in [-0.2, 0) is 38.8 Å². The lowest BCUT2D eigenvalue weighted by Gasteiger charge is -2.24. The number of hydrogen-bond donors (Lipinski definition) is 0. The van der Waals surface area contributed by atoms with Gasteiger partial charge in [-0.2, -0.15) is 0 Å². The van der Waals surface area contributed by atoms with Gasteiger partial charge in [0.2, 0.25) is 0 Å². The first-order valence-corrected chi connectivity index (χ1v) is 11.0. The first-order chi connectivity index (χ1) is 15.3. The van der Waals surface area contributed by atoms with Gasteiger partial charge in [-0.25, -0.2) is 0 Å². The highest BCUT2D eigenvalue weighted by Gasteiger charge is 2.45. The molecule has 1 saturated heterocycles. The van der Waals surface area contributed by atoms with Gasteiger partial charge in [0.25, 0.3) is 0 Å². The van der Waals surface area contributed by atoms with Crippen molar-refractivity contribution in [2.24, 2.45) is 0 Å². The maximum absolute atomic E-state index is 6.53. The lowest BCUT2D eigenvalue weighted by molar-refractivity contribution is -0.0896. The molecule has 31 heavy (non-hydrogen) atoms. The van der Waals surface area contributed by atoms with Crippen LogP contribution in [0.25, 0.3) is 0 Å². The molecule has 4 nitrogen and oxygen atoms in total. The van der Waals surface area contributed by atoms with Crippen LogP contribution in [0.3, 0.4) is 0 Å². The average Bonchev–Trinajstić information content (AvgIpc) is 3.12. The topological polar surface area (TPSA) is 36.9 Å². The molecule has 162 valence electrons. The highest BCUT2D eigenvalue weighted by atomic mass is 35.5. The molecule has 4 atom stereocenters. The largest absolute Gasteiger partial charge is 0.374 e. The molecule has 3 aromatic carbocycles. The Morgan fingerprint density at radius 3 is 1.58 bits per heavy atom. The normalized spacial score (nSPS) is 23.1. The van der Waals surface area contributed by atoms with Crippen LogP contribution in [-0.4, -0.2) is 30.5 Å². The van der Waals surface area contributed by atoms with E-state index in [1.165, 1.54) is 0 Å². The molecule has 4 rings (SSSR count). The number of ether oxygens (including phenoxy) is 4. The molecule has 0 bridgehead atoms. The Labute approximate surface area is 188 Å². The third-order valence-electron chi connectivity index (χ3n) is 5.22. The third-order valence-corrected chi connectivity index (χ3v) is 5.57. The van der Waals surface area contributed by atoms with Crippen molar-refractivity contribution in [1.29, 1.82) is 0 Å². The first kappa shape index (κ1) is 22.0. The van der Waals surface area contributed by atoms with Gasteiger partial charge in [0, 0.05) is 0 Å². The molecular formula is C26H27ClO4. The van der Waals surface area contributed by atoms with Crippen molar-refractivity contribution in [2.75, 3.05) is 6.61 Å². The van der Waals surface area contributed by atoms with Crippen LogP contribution >= 0.6 is 11.6 Å². The molecule has 0 aromatic heterocycles. The first-order valence-electron chi connectivity index (χ1n) is 10.5. The lowest BCUT2D eigenvalue weighted by atomic mass is 10.1. The maximum atomic E-state index is 6.53. The van der Waals surface area contributed by atoms with Crippen molar-refractivity contribution in [2.45, 2.75) is 43.7 Å². The van der Waals surface area contributed by atoms with Crippen LogP contribution < -0.4 is 0 Å². The minimum atomic E-state index is -0.602. The Morgan fingerprint density at radius 1 is 0.613 bits per heavy atom. The van der Waals surface area contributed by atoms with E-state index >= 15 is 0 Å². The van der Waals surface area contributed by atoms with E-state index in [2.05, 4.69) is 0 Å². The molecule has 0 spiro atoms. The van der Waals surface area contributed by atoms with E-state index in [1.807, 2.05) is 91.0 Å². The zero-order valence-corrected chi connectivity index (χ0v) is 18.1. The quantitative estimate of drug-likeness (QED) is 0.400. The molecule has 0 aliphatic carbocycles. The highest BCUT2D eigenvalue weighted by molar-refractivity contribution is 6.20. The van der Waals surface area contributed by atoms with Gasteiger partial charge in [0.1, 0.15) is 18.3 Å². The Kier molecular flexibility index (Phi) is 8.11. The predicted octanol–water partition coefficient (Wildman–Crippen LogP) is 5.34. The second kappa shape index (κ2) is 11.4. The maximum Gasteiger partial charge on any atom is 0.160 e. The van der Waals surface area contributed by atoms with E-state index in [0.717, 1.165) is 16.7 Å². The van der Waals surface area contributed by atoms with Crippen LogP contribution in [0.1, 0.15) is 16.7 Å². The summed E-state index contributed by atoms with van der Waals surface area (Å²) in [7, 11) is 0. The van der Waals surface area contributed by atoms with Crippen molar-refractivity contribution in [1.82, 2.24) is 0 Å². The minimum Gasteiger partial charge on any atom is -0.374 e.